The normalized spacial score (nSPS) is 50.6. The van der Waals surface area contributed by atoms with E-state index in [1.165, 1.54) is 16.7 Å². The molecular weight excluding hydrogens is 1140 g/mol. The standard InChI is InChI=1S/C74H108N4O12/c1-5-9-41-14-16-49-56(20-15-41)90-66-61(49)52(81)12-7-26-74(66,88)67(3,85)58-25-30-73(87)62-63(77-37-40(2)80)65(84)69-28-24-45-47-17-18-48-46-10-6-13-55(46)89-57(60(47)48)36-68(39-76-4)27-23-43(32-50(45)68)72(58,73)38-71(86)29-22-42(44-19-21-59(75)78-51(44)11-8-31-79)33-70(69,64(62)71)35-54(83)53(82)34-69/h18-19,21-22,24,28-29,40-43,45-46,49-50,52-59,61,64,66,76-83,85-88H,5-17,20,23,25-27,30-39,75H2,1-4H3. The first-order valence-electron chi connectivity index (χ1n) is 36.0. The maximum atomic E-state index is 17.6. The first kappa shape index (κ1) is 63.0. The number of hydrogen-bond donors (Lipinski definition) is 13. The lowest BCUT2D eigenvalue weighted by Gasteiger charge is -2.71. The van der Waals surface area contributed by atoms with Crippen LogP contribution in [0.4, 0.5) is 0 Å². The van der Waals surface area contributed by atoms with E-state index < -0.39 is 105 Å². The van der Waals surface area contributed by atoms with Gasteiger partial charge < -0.3 is 77.1 Å². The first-order chi connectivity index (χ1) is 43.1. The zero-order chi connectivity index (χ0) is 62.9. The molecule has 3 heterocycles. The van der Waals surface area contributed by atoms with E-state index in [1.807, 2.05) is 25.3 Å². The van der Waals surface area contributed by atoms with E-state index in [4.69, 9.17) is 15.2 Å². The van der Waals surface area contributed by atoms with Crippen LogP contribution in [0.2, 0.25) is 0 Å². The number of aliphatic hydroxyl groups is 9. The summed E-state index contributed by atoms with van der Waals surface area (Å²) < 4.78 is 14.8. The van der Waals surface area contributed by atoms with Crippen molar-refractivity contribution in [1.82, 2.24) is 16.0 Å². The van der Waals surface area contributed by atoms with Crippen molar-refractivity contribution >= 4 is 5.78 Å². The Morgan fingerprint density at radius 1 is 0.889 bits per heavy atom. The van der Waals surface area contributed by atoms with Gasteiger partial charge >= 0.3 is 0 Å². The molecule has 496 valence electrons. The summed E-state index contributed by atoms with van der Waals surface area (Å²) in [5.74, 6) is -3.17. The van der Waals surface area contributed by atoms with Crippen LogP contribution in [-0.2, 0) is 14.3 Å². The van der Waals surface area contributed by atoms with Gasteiger partial charge in [-0.25, -0.2) is 0 Å². The second-order valence-corrected chi connectivity index (χ2v) is 32.8. The maximum Gasteiger partial charge on any atom is 0.189 e. The SMILES string of the molecule is CCCC1CCC2OC3C(C(O)CCCC3(O)C(C)(O)C3CCC4(O)C5=C(NCC(C)O)C(=O)C67C=CC8C9=C%10C(=CC9)C9CCCC9OC%10CC9(CNC)CCC(CC89)C34CC3(O)C=CC(C4=C(CCCO)NC(N)C=C4)CC6(CC(O)C(O)C7)C53)C2CC1. The molecule has 2 saturated heterocycles. The summed E-state index contributed by atoms with van der Waals surface area (Å²) in [6, 6.07) is 0. The average molecular weight is 1250 g/mol. The number of ketones is 1. The number of fused-ring (bicyclic) bond motifs is 6. The second kappa shape index (κ2) is 22.5. The highest BCUT2D eigenvalue weighted by Crippen LogP contribution is 2.80. The van der Waals surface area contributed by atoms with E-state index in [0.29, 0.717) is 62.5 Å². The van der Waals surface area contributed by atoms with Gasteiger partial charge in [0, 0.05) is 65.8 Å². The molecule has 0 aromatic rings. The fraction of sp³-hybridized carbons (Fsp3) is 0.797. The van der Waals surface area contributed by atoms with Crippen LogP contribution in [0.5, 0.6) is 0 Å². The van der Waals surface area contributed by atoms with Crippen LogP contribution < -0.4 is 21.7 Å². The molecule has 16 nitrogen and oxygen atoms in total. The van der Waals surface area contributed by atoms with Crippen LogP contribution in [0.3, 0.4) is 0 Å². The molecule has 90 heavy (non-hydrogen) atoms. The number of carbonyl (C=O) groups excluding carboxylic acids is 1. The third kappa shape index (κ3) is 8.79. The predicted octanol–water partition coefficient (Wildman–Crippen LogP) is 6.63. The number of Topliss-reactive ketones (excluding diaryl/α,β-unsaturated/α-hetero) is 1. The van der Waals surface area contributed by atoms with Crippen molar-refractivity contribution in [3.8, 4) is 0 Å². The number of carbonyl (C=O) groups is 1. The molecule has 0 radical (unpaired) electrons. The van der Waals surface area contributed by atoms with Crippen LogP contribution in [-0.4, -0.2) is 156 Å². The zero-order valence-electron chi connectivity index (χ0n) is 54.1. The predicted molar refractivity (Wildman–Crippen MR) is 340 cm³/mol. The topological polar surface area (TPSA) is 280 Å². The highest BCUT2D eigenvalue weighted by atomic mass is 16.5. The number of nitrogens with two attached hydrogens (primary N) is 1. The molecule has 14 N–H and O–H groups in total. The van der Waals surface area contributed by atoms with Gasteiger partial charge in [-0.15, -0.1) is 0 Å². The van der Waals surface area contributed by atoms with Crippen molar-refractivity contribution in [2.24, 2.45) is 86.6 Å². The fourth-order valence-electron chi connectivity index (χ4n) is 25.4. The molecule has 16 rings (SSSR count). The summed E-state index contributed by atoms with van der Waals surface area (Å²) in [4.78, 5) is 17.6. The van der Waals surface area contributed by atoms with Gasteiger partial charge in [0.2, 0.25) is 0 Å². The lowest BCUT2D eigenvalue weighted by Crippen LogP contribution is -2.76. The number of rotatable bonds is 13. The number of allylic oxidation sites excluding steroid dienone is 9. The molecule has 16 aliphatic rings. The summed E-state index contributed by atoms with van der Waals surface area (Å²) in [5, 5.41) is 131. The minimum absolute atomic E-state index is 0.00872. The van der Waals surface area contributed by atoms with E-state index >= 15 is 15.0 Å². The largest absolute Gasteiger partial charge is 0.396 e. The second-order valence-electron chi connectivity index (χ2n) is 32.8. The molecule has 16 heteroatoms. The van der Waals surface area contributed by atoms with Gasteiger partial charge in [0.05, 0.1) is 82.9 Å². The maximum absolute atomic E-state index is 17.6. The quantitative estimate of drug-likeness (QED) is 0.0862. The first-order valence-corrected chi connectivity index (χ1v) is 36.0. The van der Waals surface area contributed by atoms with E-state index in [9.17, 15) is 35.7 Å². The summed E-state index contributed by atoms with van der Waals surface area (Å²) in [7, 11) is 2.04. The van der Waals surface area contributed by atoms with E-state index in [2.05, 4.69) is 47.2 Å². The monoisotopic (exact) mass is 1240 g/mol. The molecule has 0 aromatic carbocycles. The molecule has 0 aromatic heterocycles. The Kier molecular flexibility index (Phi) is 15.8. The van der Waals surface area contributed by atoms with Crippen LogP contribution in [0, 0.1) is 80.8 Å². The Balaban J connectivity index is 1.00. The highest BCUT2D eigenvalue weighted by Gasteiger charge is 2.83. The van der Waals surface area contributed by atoms with Gasteiger partial charge in [-0.3, -0.25) is 4.79 Å². The number of dihydropyridines is 1. The molecular formula is C74H108N4O12. The summed E-state index contributed by atoms with van der Waals surface area (Å²) in [5.41, 5.74) is 0.211. The summed E-state index contributed by atoms with van der Waals surface area (Å²) in [6.07, 6.45) is 23.8. The van der Waals surface area contributed by atoms with Crippen LogP contribution in [0.25, 0.3) is 0 Å². The molecule has 7 saturated carbocycles. The minimum Gasteiger partial charge on any atom is -0.396 e. The number of nitrogens with one attached hydrogen (secondary N) is 3. The molecule has 8 bridgehead atoms. The molecule has 3 spiro atoms. The Hall–Kier alpha value is -3.07. The third-order valence-electron chi connectivity index (χ3n) is 28.8. The van der Waals surface area contributed by atoms with Crippen molar-refractivity contribution in [3.05, 3.63) is 81.8 Å². The van der Waals surface area contributed by atoms with Crippen LogP contribution >= 0.6 is 0 Å². The molecule has 3 aliphatic heterocycles. The molecule has 0 amide bonds. The minimum atomic E-state index is -2.02. The van der Waals surface area contributed by atoms with Gasteiger partial charge in [0.25, 0.3) is 0 Å². The summed E-state index contributed by atoms with van der Waals surface area (Å²) in [6.45, 7) is 6.27. The van der Waals surface area contributed by atoms with Gasteiger partial charge in [-0.05, 0) is 219 Å². The van der Waals surface area contributed by atoms with Crippen molar-refractivity contribution < 1.29 is 60.2 Å². The van der Waals surface area contributed by atoms with Crippen molar-refractivity contribution in [3.63, 3.8) is 0 Å². The van der Waals surface area contributed by atoms with Gasteiger partial charge in [-0.1, -0.05) is 74.6 Å². The Morgan fingerprint density at radius 3 is 2.49 bits per heavy atom. The Morgan fingerprint density at radius 2 is 1.70 bits per heavy atom. The number of aliphatic hydroxyl groups excluding tert-OH is 5. The van der Waals surface area contributed by atoms with E-state index in [0.717, 1.165) is 88.3 Å². The van der Waals surface area contributed by atoms with Gasteiger partial charge in [-0.2, -0.15) is 0 Å². The van der Waals surface area contributed by atoms with Gasteiger partial charge in [0.1, 0.15) is 5.60 Å². The third-order valence-corrected chi connectivity index (χ3v) is 28.8. The van der Waals surface area contributed by atoms with Crippen LogP contribution in [0.1, 0.15) is 181 Å². The Labute approximate surface area is 533 Å². The zero-order valence-corrected chi connectivity index (χ0v) is 54.1. The van der Waals surface area contributed by atoms with Crippen molar-refractivity contribution in [1.29, 1.82) is 0 Å². The smallest absolute Gasteiger partial charge is 0.189 e. The lowest BCUT2D eigenvalue weighted by molar-refractivity contribution is -0.281. The van der Waals surface area contributed by atoms with Crippen LogP contribution in [0.15, 0.2) is 81.8 Å². The number of hydrogen-bond acceptors (Lipinski definition) is 16. The highest BCUT2D eigenvalue weighted by molar-refractivity contribution is 6.04. The van der Waals surface area contributed by atoms with E-state index in [1.54, 1.807) is 13.8 Å². The fourth-order valence-corrected chi connectivity index (χ4v) is 25.4. The van der Waals surface area contributed by atoms with Crippen molar-refractivity contribution in [2.75, 3.05) is 26.7 Å². The van der Waals surface area contributed by atoms with E-state index in [-0.39, 0.29) is 111 Å². The van der Waals surface area contributed by atoms with Gasteiger partial charge in [0.15, 0.2) is 5.78 Å². The molecule has 13 aliphatic carbocycles. The molecule has 27 atom stereocenters. The average Bonchev–Trinajstić information content (AvgIpc) is 1.19. The molecule has 27 unspecified atom stereocenters. The Bertz CT molecular complexity index is 3080. The van der Waals surface area contributed by atoms with Crippen molar-refractivity contribution in [2.45, 2.75) is 259 Å². The summed E-state index contributed by atoms with van der Waals surface area (Å²) >= 11 is 0. The number of ether oxygens (including phenoxy) is 2. The molecule has 9 fully saturated rings. The lowest BCUT2D eigenvalue weighted by atomic mass is 9.34.